The van der Waals surface area contributed by atoms with E-state index in [1.54, 1.807) is 13.4 Å². The molecule has 2 heterocycles. The highest BCUT2D eigenvalue weighted by Gasteiger charge is 2.25. The summed E-state index contributed by atoms with van der Waals surface area (Å²) in [6.07, 6.45) is 3.09. The van der Waals surface area contributed by atoms with E-state index in [0.717, 1.165) is 44.3 Å². The molecule has 1 aliphatic heterocycles. The second kappa shape index (κ2) is 6.20. The Labute approximate surface area is 109 Å². The molecule has 0 spiro atoms. The van der Waals surface area contributed by atoms with Gasteiger partial charge >= 0.3 is 0 Å². The largest absolute Gasteiger partial charge is 0.432 e. The van der Waals surface area contributed by atoms with Crippen LogP contribution in [0.25, 0.3) is 0 Å². The van der Waals surface area contributed by atoms with Crippen LogP contribution in [0, 0.1) is 5.92 Å². The molecule has 5 nitrogen and oxygen atoms in total. The lowest BCUT2D eigenvalue weighted by Crippen LogP contribution is -2.23. The van der Waals surface area contributed by atoms with Crippen LogP contribution in [-0.4, -0.2) is 37.8 Å². The molecule has 1 saturated heterocycles. The number of hydrogen-bond acceptors (Lipinski definition) is 5. The Kier molecular flexibility index (Phi) is 4.60. The molecule has 1 aliphatic rings. The minimum atomic E-state index is 0.305. The fourth-order valence-electron chi connectivity index (χ4n) is 2.11. The number of aromatic nitrogens is 1. The van der Waals surface area contributed by atoms with Crippen LogP contribution in [0.1, 0.15) is 26.0 Å². The van der Waals surface area contributed by atoms with Crippen molar-refractivity contribution in [2.45, 2.75) is 32.9 Å². The van der Waals surface area contributed by atoms with E-state index in [0.29, 0.717) is 12.0 Å². The summed E-state index contributed by atoms with van der Waals surface area (Å²) in [7, 11) is 1.75. The number of ether oxygens (including phenoxy) is 1. The molecular formula is C13H23N3O2. The van der Waals surface area contributed by atoms with E-state index in [4.69, 9.17) is 9.15 Å². The monoisotopic (exact) mass is 253 g/mol. The molecule has 1 unspecified atom stereocenters. The number of hydrogen-bond donors (Lipinski definition) is 1. The second-order valence-corrected chi connectivity index (χ2v) is 5.24. The molecule has 1 atom stereocenters. The maximum atomic E-state index is 5.52. The Morgan fingerprint density at radius 2 is 2.44 bits per heavy atom. The van der Waals surface area contributed by atoms with Gasteiger partial charge in [-0.2, -0.15) is 4.98 Å². The fraction of sp³-hybridized carbons (Fsp3) is 0.769. The highest BCUT2D eigenvalue weighted by atomic mass is 16.5. The number of nitrogens with one attached hydrogen (secondary N) is 1. The minimum Gasteiger partial charge on any atom is -0.432 e. The quantitative estimate of drug-likeness (QED) is 0.835. The smallest absolute Gasteiger partial charge is 0.297 e. The maximum absolute atomic E-state index is 5.52. The van der Waals surface area contributed by atoms with Crippen LogP contribution in [-0.2, 0) is 11.3 Å². The van der Waals surface area contributed by atoms with Crippen molar-refractivity contribution in [2.75, 3.05) is 31.6 Å². The summed E-state index contributed by atoms with van der Waals surface area (Å²) in [4.78, 5) is 6.64. The van der Waals surface area contributed by atoms with Gasteiger partial charge in [-0.15, -0.1) is 0 Å². The van der Waals surface area contributed by atoms with Crippen molar-refractivity contribution < 1.29 is 9.15 Å². The van der Waals surface area contributed by atoms with Gasteiger partial charge in [0.15, 0.2) is 0 Å². The Hall–Kier alpha value is -1.07. The molecule has 102 valence electrons. The van der Waals surface area contributed by atoms with Gasteiger partial charge in [-0.05, 0) is 18.9 Å². The lowest BCUT2D eigenvalue weighted by molar-refractivity contribution is 0.121. The third kappa shape index (κ3) is 3.46. The van der Waals surface area contributed by atoms with Crippen LogP contribution in [0.4, 0.5) is 6.01 Å². The van der Waals surface area contributed by atoms with Crippen molar-refractivity contribution in [1.29, 1.82) is 0 Å². The van der Waals surface area contributed by atoms with E-state index >= 15 is 0 Å². The minimum absolute atomic E-state index is 0.305. The summed E-state index contributed by atoms with van der Waals surface area (Å²) >= 11 is 0. The molecule has 0 aromatic carbocycles. The van der Waals surface area contributed by atoms with E-state index in [2.05, 4.69) is 29.0 Å². The van der Waals surface area contributed by atoms with Crippen molar-refractivity contribution >= 4 is 6.01 Å². The first-order valence-electron chi connectivity index (χ1n) is 6.62. The summed E-state index contributed by atoms with van der Waals surface area (Å²) in [6, 6.07) is 0.718. The van der Waals surface area contributed by atoms with Gasteiger partial charge in [0.25, 0.3) is 6.01 Å². The van der Waals surface area contributed by atoms with Crippen molar-refractivity contribution in [3.05, 3.63) is 12.0 Å². The Morgan fingerprint density at radius 3 is 3.11 bits per heavy atom. The van der Waals surface area contributed by atoms with E-state index in [1.807, 2.05) is 0 Å². The van der Waals surface area contributed by atoms with E-state index < -0.39 is 0 Å². The molecule has 0 radical (unpaired) electrons. The number of rotatable bonds is 6. The van der Waals surface area contributed by atoms with Gasteiger partial charge in [0.2, 0.25) is 0 Å². The third-order valence-corrected chi connectivity index (χ3v) is 3.15. The van der Waals surface area contributed by atoms with Crippen LogP contribution in [0.3, 0.4) is 0 Å². The molecule has 1 fully saturated rings. The number of methoxy groups -OCH3 is 1. The molecular weight excluding hydrogens is 230 g/mol. The average Bonchev–Trinajstić information content (AvgIpc) is 2.95. The molecule has 5 heteroatoms. The van der Waals surface area contributed by atoms with Gasteiger partial charge in [-0.1, -0.05) is 13.8 Å². The summed E-state index contributed by atoms with van der Waals surface area (Å²) < 4.78 is 10.9. The van der Waals surface area contributed by atoms with Gasteiger partial charge in [-0.25, -0.2) is 0 Å². The van der Waals surface area contributed by atoms with Crippen LogP contribution >= 0.6 is 0 Å². The van der Waals surface area contributed by atoms with Crippen LogP contribution < -0.4 is 10.2 Å². The number of anilines is 1. The molecule has 0 amide bonds. The molecule has 1 N–H and O–H groups in total. The normalized spacial score (nSPS) is 20.0. The third-order valence-electron chi connectivity index (χ3n) is 3.15. The molecule has 18 heavy (non-hydrogen) atoms. The summed E-state index contributed by atoms with van der Waals surface area (Å²) in [5.74, 6) is 0.650. The second-order valence-electron chi connectivity index (χ2n) is 5.24. The Morgan fingerprint density at radius 1 is 1.61 bits per heavy atom. The Bertz CT molecular complexity index is 365. The highest BCUT2D eigenvalue weighted by molar-refractivity contribution is 5.29. The Balaban J connectivity index is 1.83. The zero-order valence-corrected chi connectivity index (χ0v) is 11.5. The first-order chi connectivity index (χ1) is 8.69. The first-order valence-corrected chi connectivity index (χ1v) is 6.62. The first kappa shape index (κ1) is 13.4. The van der Waals surface area contributed by atoms with Crippen LogP contribution in [0.15, 0.2) is 10.7 Å². The molecule has 0 bridgehead atoms. The summed E-state index contributed by atoms with van der Waals surface area (Å²) in [5.41, 5.74) is 0.964. The van der Waals surface area contributed by atoms with Gasteiger partial charge in [0.1, 0.15) is 6.26 Å². The molecule has 0 aliphatic carbocycles. The maximum Gasteiger partial charge on any atom is 0.297 e. The molecule has 1 aromatic heterocycles. The van der Waals surface area contributed by atoms with Crippen molar-refractivity contribution in [2.24, 2.45) is 5.92 Å². The zero-order chi connectivity index (χ0) is 13.0. The molecule has 1 aromatic rings. The summed E-state index contributed by atoms with van der Waals surface area (Å²) in [5, 5.41) is 3.36. The lowest BCUT2D eigenvalue weighted by atomic mass is 10.2. The molecule has 2 rings (SSSR count). The fourth-order valence-corrected chi connectivity index (χ4v) is 2.11. The van der Waals surface area contributed by atoms with Crippen molar-refractivity contribution in [3.8, 4) is 0 Å². The molecule has 0 saturated carbocycles. The van der Waals surface area contributed by atoms with E-state index in [9.17, 15) is 0 Å². The average molecular weight is 253 g/mol. The van der Waals surface area contributed by atoms with Crippen LogP contribution in [0.2, 0.25) is 0 Å². The SMILES string of the molecule is COC1CCN(c2nc(CNCC(C)C)co2)C1. The van der Waals surface area contributed by atoms with Crippen molar-refractivity contribution in [3.63, 3.8) is 0 Å². The summed E-state index contributed by atoms with van der Waals surface area (Å²) in [6.45, 7) is 7.97. The number of nitrogens with zero attached hydrogens (tertiary/aromatic N) is 2. The van der Waals surface area contributed by atoms with Gasteiger partial charge in [0.05, 0.1) is 11.8 Å². The number of oxazole rings is 1. The van der Waals surface area contributed by atoms with E-state index in [1.165, 1.54) is 0 Å². The van der Waals surface area contributed by atoms with Crippen molar-refractivity contribution in [1.82, 2.24) is 10.3 Å². The zero-order valence-electron chi connectivity index (χ0n) is 11.5. The lowest BCUT2D eigenvalue weighted by Gasteiger charge is -2.12. The van der Waals surface area contributed by atoms with Gasteiger partial charge in [0, 0.05) is 26.7 Å². The standard InChI is InChI=1S/C13H23N3O2/c1-10(2)6-14-7-11-9-18-13(15-11)16-5-4-12(8-16)17-3/h9-10,12,14H,4-8H2,1-3H3. The predicted molar refractivity (Wildman–Crippen MR) is 70.7 cm³/mol. The van der Waals surface area contributed by atoms with Gasteiger partial charge < -0.3 is 19.4 Å². The predicted octanol–water partition coefficient (Wildman–Crippen LogP) is 1.65. The van der Waals surface area contributed by atoms with Crippen LogP contribution in [0.5, 0.6) is 0 Å². The highest BCUT2D eigenvalue weighted by Crippen LogP contribution is 2.20. The van der Waals surface area contributed by atoms with E-state index in [-0.39, 0.29) is 0 Å². The van der Waals surface area contributed by atoms with Gasteiger partial charge in [-0.3, -0.25) is 0 Å². The topological polar surface area (TPSA) is 50.5 Å².